The van der Waals surface area contributed by atoms with Crippen LogP contribution in [0.1, 0.15) is 10.4 Å². The van der Waals surface area contributed by atoms with E-state index in [9.17, 15) is 4.79 Å². The Morgan fingerprint density at radius 1 is 1.00 bits per heavy atom. The van der Waals surface area contributed by atoms with Crippen molar-refractivity contribution in [3.05, 3.63) is 65.4 Å². The highest BCUT2D eigenvalue weighted by atomic mass is 35.5. The van der Waals surface area contributed by atoms with Crippen molar-refractivity contribution >= 4 is 23.3 Å². The van der Waals surface area contributed by atoms with Crippen molar-refractivity contribution in [2.45, 2.75) is 0 Å². The smallest absolute Gasteiger partial charge is 0.257 e. The van der Waals surface area contributed by atoms with E-state index in [1.165, 1.54) is 0 Å². The molecule has 0 unspecified atom stereocenters. The number of methoxy groups -OCH3 is 1. The third kappa shape index (κ3) is 4.14. The summed E-state index contributed by atoms with van der Waals surface area (Å²) in [6.45, 7) is 2.54. The van der Waals surface area contributed by atoms with Crippen LogP contribution in [0.4, 0.5) is 5.82 Å². The molecular weight excluding hydrogens is 390 g/mol. The molecule has 1 saturated heterocycles. The number of nitrogens with zero attached hydrogens (tertiary/aromatic N) is 5. The van der Waals surface area contributed by atoms with Gasteiger partial charge in [0.2, 0.25) is 0 Å². The molecular formula is C21H20ClN5O2. The Hall–Kier alpha value is -3.19. The number of benzene rings is 1. The lowest BCUT2D eigenvalue weighted by Gasteiger charge is -2.35. The van der Waals surface area contributed by atoms with E-state index < -0.39 is 0 Å². The second-order valence-corrected chi connectivity index (χ2v) is 6.98. The Kier molecular flexibility index (Phi) is 5.57. The van der Waals surface area contributed by atoms with Gasteiger partial charge >= 0.3 is 0 Å². The van der Waals surface area contributed by atoms with E-state index in [1.807, 2.05) is 36.4 Å². The molecule has 0 N–H and O–H groups in total. The van der Waals surface area contributed by atoms with Crippen molar-refractivity contribution in [1.29, 1.82) is 0 Å². The summed E-state index contributed by atoms with van der Waals surface area (Å²) in [4.78, 5) is 20.6. The molecule has 1 fully saturated rings. The molecule has 8 heteroatoms. The van der Waals surface area contributed by atoms with Gasteiger partial charge in [0, 0.05) is 37.9 Å². The minimum Gasteiger partial charge on any atom is -0.497 e. The maximum absolute atomic E-state index is 12.7. The Morgan fingerprint density at radius 2 is 1.76 bits per heavy atom. The lowest BCUT2D eigenvalue weighted by Crippen LogP contribution is -2.49. The van der Waals surface area contributed by atoms with Crippen LogP contribution in [0, 0.1) is 0 Å². The summed E-state index contributed by atoms with van der Waals surface area (Å²) >= 11 is 6.05. The van der Waals surface area contributed by atoms with Gasteiger partial charge in [0.1, 0.15) is 10.9 Å². The zero-order chi connectivity index (χ0) is 20.2. The minimum absolute atomic E-state index is 0.0938. The lowest BCUT2D eigenvalue weighted by atomic mass is 10.1. The van der Waals surface area contributed by atoms with Crippen LogP contribution < -0.4 is 9.64 Å². The Balaban J connectivity index is 1.39. The van der Waals surface area contributed by atoms with Crippen LogP contribution in [0.25, 0.3) is 11.3 Å². The molecule has 0 radical (unpaired) electrons. The van der Waals surface area contributed by atoms with Gasteiger partial charge in [0.25, 0.3) is 5.91 Å². The predicted octanol–water partition coefficient (Wildman–Crippen LogP) is 3.16. The first-order chi connectivity index (χ1) is 14.2. The average Bonchev–Trinajstić information content (AvgIpc) is 2.79. The molecule has 3 aromatic rings. The summed E-state index contributed by atoms with van der Waals surface area (Å²) in [5.74, 6) is 1.51. The first-order valence-corrected chi connectivity index (χ1v) is 9.66. The summed E-state index contributed by atoms with van der Waals surface area (Å²) in [5, 5.41) is 8.96. The lowest BCUT2D eigenvalue weighted by molar-refractivity contribution is 0.0746. The van der Waals surface area contributed by atoms with Crippen LogP contribution in [0.15, 0.2) is 54.7 Å². The standard InChI is InChI=1S/C21H20ClN5O2/c1-29-16-6-4-15(5-7-16)18-8-9-19(25-24-18)26-11-13-27(14-12-26)21(28)17-3-2-10-23-20(17)22/h2-10H,11-14H2,1H3. The Morgan fingerprint density at radius 3 is 2.38 bits per heavy atom. The molecule has 0 saturated carbocycles. The molecule has 0 bridgehead atoms. The van der Waals surface area contributed by atoms with Crippen LogP contribution in [-0.2, 0) is 0 Å². The molecule has 1 aliphatic rings. The summed E-state index contributed by atoms with van der Waals surface area (Å²) in [6, 6.07) is 15.0. The van der Waals surface area contributed by atoms with Gasteiger partial charge in [0.15, 0.2) is 5.82 Å². The van der Waals surface area contributed by atoms with Crippen LogP contribution in [0.2, 0.25) is 5.15 Å². The maximum Gasteiger partial charge on any atom is 0.257 e. The minimum atomic E-state index is -0.0938. The van der Waals surface area contributed by atoms with E-state index in [2.05, 4.69) is 20.1 Å². The number of anilines is 1. The van der Waals surface area contributed by atoms with Gasteiger partial charge < -0.3 is 14.5 Å². The highest BCUT2D eigenvalue weighted by molar-refractivity contribution is 6.32. The molecule has 2 aromatic heterocycles. The normalized spacial score (nSPS) is 14.0. The highest BCUT2D eigenvalue weighted by Gasteiger charge is 2.24. The number of aromatic nitrogens is 3. The topological polar surface area (TPSA) is 71.5 Å². The fourth-order valence-electron chi connectivity index (χ4n) is 3.26. The third-order valence-corrected chi connectivity index (χ3v) is 5.22. The van der Waals surface area contributed by atoms with Crippen LogP contribution in [0.5, 0.6) is 5.75 Å². The third-order valence-electron chi connectivity index (χ3n) is 4.92. The molecule has 3 heterocycles. The van der Waals surface area contributed by atoms with E-state index >= 15 is 0 Å². The summed E-state index contributed by atoms with van der Waals surface area (Å²) in [6.07, 6.45) is 1.57. The first kappa shape index (κ1) is 19.1. The molecule has 7 nitrogen and oxygen atoms in total. The summed E-state index contributed by atoms with van der Waals surface area (Å²) in [5.41, 5.74) is 2.22. The number of carbonyl (C=O) groups excluding carboxylic acids is 1. The van der Waals surface area contributed by atoms with Crippen LogP contribution in [-0.4, -0.2) is 59.3 Å². The number of hydrogen-bond donors (Lipinski definition) is 0. The molecule has 0 atom stereocenters. The van der Waals surface area contributed by atoms with Gasteiger partial charge in [-0.3, -0.25) is 4.79 Å². The van der Waals surface area contributed by atoms with E-state index in [4.69, 9.17) is 16.3 Å². The fraction of sp³-hybridized carbons (Fsp3) is 0.238. The fourth-order valence-corrected chi connectivity index (χ4v) is 3.46. The van der Waals surface area contributed by atoms with Crippen molar-refractivity contribution in [2.24, 2.45) is 0 Å². The summed E-state index contributed by atoms with van der Waals surface area (Å²) < 4.78 is 5.18. The Bertz CT molecular complexity index is 987. The second-order valence-electron chi connectivity index (χ2n) is 6.63. The molecule has 1 aromatic carbocycles. The Labute approximate surface area is 173 Å². The van der Waals surface area contributed by atoms with Gasteiger partial charge in [-0.05, 0) is 48.5 Å². The predicted molar refractivity (Wildman–Crippen MR) is 111 cm³/mol. The molecule has 0 aliphatic carbocycles. The van der Waals surface area contributed by atoms with Crippen molar-refractivity contribution in [1.82, 2.24) is 20.1 Å². The maximum atomic E-state index is 12.7. The molecule has 1 amide bonds. The van der Waals surface area contributed by atoms with Crippen molar-refractivity contribution in [3.8, 4) is 17.0 Å². The highest BCUT2D eigenvalue weighted by Crippen LogP contribution is 2.22. The van der Waals surface area contributed by atoms with Crippen LogP contribution in [0.3, 0.4) is 0 Å². The molecule has 0 spiro atoms. The van der Waals surface area contributed by atoms with Crippen molar-refractivity contribution in [2.75, 3.05) is 38.2 Å². The number of ether oxygens (including phenoxy) is 1. The monoisotopic (exact) mass is 409 g/mol. The van der Waals surface area contributed by atoms with E-state index in [0.29, 0.717) is 31.7 Å². The van der Waals surface area contributed by atoms with E-state index in [0.717, 1.165) is 22.8 Å². The summed E-state index contributed by atoms with van der Waals surface area (Å²) in [7, 11) is 1.64. The molecule has 1 aliphatic heterocycles. The van der Waals surface area contributed by atoms with Gasteiger partial charge in [0.05, 0.1) is 18.4 Å². The first-order valence-electron chi connectivity index (χ1n) is 9.28. The van der Waals surface area contributed by atoms with Crippen molar-refractivity contribution in [3.63, 3.8) is 0 Å². The number of hydrogen-bond acceptors (Lipinski definition) is 6. The van der Waals surface area contributed by atoms with Gasteiger partial charge in [-0.2, -0.15) is 0 Å². The quantitative estimate of drug-likeness (QED) is 0.616. The molecule has 148 valence electrons. The van der Waals surface area contributed by atoms with E-state index in [1.54, 1.807) is 30.3 Å². The zero-order valence-corrected chi connectivity index (χ0v) is 16.7. The zero-order valence-electron chi connectivity index (χ0n) is 16.0. The number of pyridine rings is 1. The van der Waals surface area contributed by atoms with Gasteiger partial charge in [-0.25, -0.2) is 4.98 Å². The number of carbonyl (C=O) groups is 1. The molecule has 29 heavy (non-hydrogen) atoms. The van der Waals surface area contributed by atoms with Gasteiger partial charge in [-0.15, -0.1) is 10.2 Å². The SMILES string of the molecule is COc1ccc(-c2ccc(N3CCN(C(=O)c4cccnc4Cl)CC3)nn2)cc1. The van der Waals surface area contributed by atoms with Crippen LogP contribution >= 0.6 is 11.6 Å². The van der Waals surface area contributed by atoms with Gasteiger partial charge in [-0.1, -0.05) is 11.6 Å². The van der Waals surface area contributed by atoms with Crippen molar-refractivity contribution < 1.29 is 9.53 Å². The number of halogens is 1. The molecule has 4 rings (SSSR count). The van der Waals surface area contributed by atoms with E-state index in [-0.39, 0.29) is 11.1 Å². The second kappa shape index (κ2) is 8.45. The number of piperazine rings is 1. The number of amides is 1. The largest absolute Gasteiger partial charge is 0.497 e. The average molecular weight is 410 g/mol. The number of rotatable bonds is 4.